The number of thioether (sulfide) groups is 1. The molecule has 2 unspecified atom stereocenters. The number of aryl methyl sites for hydroxylation is 1. The second-order valence-electron chi connectivity index (χ2n) is 3.72. The van der Waals surface area contributed by atoms with Crippen LogP contribution in [-0.2, 0) is 6.42 Å². The van der Waals surface area contributed by atoms with Crippen LogP contribution in [0.5, 0.6) is 0 Å². The van der Waals surface area contributed by atoms with Crippen molar-refractivity contribution in [2.45, 2.75) is 24.9 Å². The molecule has 1 aliphatic carbocycles. The van der Waals surface area contributed by atoms with Crippen LogP contribution in [0.2, 0.25) is 0 Å². The highest BCUT2D eigenvalue weighted by molar-refractivity contribution is 7.98. The summed E-state index contributed by atoms with van der Waals surface area (Å²) in [5, 5.41) is 9.93. The van der Waals surface area contributed by atoms with E-state index in [4.69, 9.17) is 0 Å². The molecule has 1 heterocycles. The minimum atomic E-state index is -0.235. The Morgan fingerprint density at radius 1 is 1.71 bits per heavy atom. The number of fused-ring (bicyclic) bond motifs is 1. The van der Waals surface area contributed by atoms with E-state index in [-0.39, 0.29) is 12.0 Å². The van der Waals surface area contributed by atoms with E-state index in [9.17, 15) is 5.11 Å². The third-order valence-electron chi connectivity index (χ3n) is 2.80. The van der Waals surface area contributed by atoms with Gasteiger partial charge in [0.15, 0.2) is 0 Å². The van der Waals surface area contributed by atoms with Gasteiger partial charge in [-0.2, -0.15) is 11.8 Å². The Morgan fingerprint density at radius 3 is 3.36 bits per heavy atom. The number of hydrogen-bond donors (Lipinski definition) is 1. The second kappa shape index (κ2) is 4.32. The van der Waals surface area contributed by atoms with Crippen molar-refractivity contribution in [3.63, 3.8) is 0 Å². The van der Waals surface area contributed by atoms with Gasteiger partial charge in [0.2, 0.25) is 0 Å². The average molecular weight is 209 g/mol. The number of aliphatic hydroxyl groups excluding tert-OH is 1. The smallest absolute Gasteiger partial charge is 0.0714 e. The van der Waals surface area contributed by atoms with Crippen LogP contribution in [0.4, 0.5) is 0 Å². The van der Waals surface area contributed by atoms with Gasteiger partial charge in [0.25, 0.3) is 0 Å². The molecule has 76 valence electrons. The third-order valence-corrected chi connectivity index (χ3v) is 3.48. The lowest BCUT2D eigenvalue weighted by molar-refractivity contribution is 0.165. The average Bonchev–Trinajstić information content (AvgIpc) is 2.61. The molecule has 0 bridgehead atoms. The topological polar surface area (TPSA) is 33.1 Å². The zero-order chi connectivity index (χ0) is 9.97. The van der Waals surface area contributed by atoms with Gasteiger partial charge >= 0.3 is 0 Å². The molecule has 0 aliphatic heterocycles. The maximum atomic E-state index is 9.93. The summed E-state index contributed by atoms with van der Waals surface area (Å²) in [7, 11) is 0. The first-order chi connectivity index (χ1) is 6.83. The Kier molecular flexibility index (Phi) is 3.08. The number of rotatable bonds is 3. The zero-order valence-corrected chi connectivity index (χ0v) is 9.13. The molecule has 0 radical (unpaired) electrons. The van der Waals surface area contributed by atoms with E-state index >= 15 is 0 Å². The Balaban J connectivity index is 2.17. The molecule has 3 heteroatoms. The molecular formula is C11H15NOS. The van der Waals surface area contributed by atoms with Crippen molar-refractivity contribution in [3.05, 3.63) is 29.6 Å². The molecule has 14 heavy (non-hydrogen) atoms. The maximum absolute atomic E-state index is 9.93. The van der Waals surface area contributed by atoms with E-state index in [1.54, 1.807) is 11.8 Å². The maximum Gasteiger partial charge on any atom is 0.0714 e. The number of aromatic nitrogens is 1. The Labute approximate surface area is 88.8 Å². The lowest BCUT2D eigenvalue weighted by Gasteiger charge is -2.16. The number of hydrogen-bond acceptors (Lipinski definition) is 3. The first-order valence-electron chi connectivity index (χ1n) is 4.93. The minimum absolute atomic E-state index is 0.235. The van der Waals surface area contributed by atoms with Gasteiger partial charge in [0, 0.05) is 23.6 Å². The van der Waals surface area contributed by atoms with Gasteiger partial charge < -0.3 is 5.11 Å². The van der Waals surface area contributed by atoms with Gasteiger partial charge in [-0.25, -0.2) is 0 Å². The molecule has 1 aliphatic rings. The summed E-state index contributed by atoms with van der Waals surface area (Å²) in [5.74, 6) is 1.07. The molecule has 0 saturated carbocycles. The fourth-order valence-electron chi connectivity index (χ4n) is 2.11. The molecule has 0 saturated heterocycles. The predicted molar refractivity (Wildman–Crippen MR) is 59.7 cm³/mol. The van der Waals surface area contributed by atoms with Crippen molar-refractivity contribution < 1.29 is 5.11 Å². The molecule has 0 fully saturated rings. The van der Waals surface area contributed by atoms with Crippen LogP contribution in [0.1, 0.15) is 23.6 Å². The van der Waals surface area contributed by atoms with Crippen molar-refractivity contribution in [1.82, 2.24) is 4.98 Å². The zero-order valence-electron chi connectivity index (χ0n) is 8.31. The van der Waals surface area contributed by atoms with E-state index in [0.29, 0.717) is 0 Å². The molecule has 1 N–H and O–H groups in total. The summed E-state index contributed by atoms with van der Waals surface area (Å²) in [6.45, 7) is 0. The van der Waals surface area contributed by atoms with E-state index in [2.05, 4.69) is 11.1 Å². The van der Waals surface area contributed by atoms with Gasteiger partial charge in [-0.3, -0.25) is 4.98 Å². The van der Waals surface area contributed by atoms with Crippen molar-refractivity contribution in [3.8, 4) is 0 Å². The van der Waals surface area contributed by atoms with E-state index in [1.807, 2.05) is 18.5 Å². The standard InChI is InChI=1S/C11H15NOS/c1-14-7-10(13)9-5-4-8-3-2-6-12-11(8)9/h2-3,6,9-10,13H,4-5,7H2,1H3. The lowest BCUT2D eigenvalue weighted by Crippen LogP contribution is -2.19. The van der Waals surface area contributed by atoms with Crippen LogP contribution in [0.15, 0.2) is 18.3 Å². The number of pyridine rings is 1. The number of aliphatic hydroxyl groups is 1. The summed E-state index contributed by atoms with van der Waals surface area (Å²) in [4.78, 5) is 4.37. The summed E-state index contributed by atoms with van der Waals surface area (Å²) < 4.78 is 0. The van der Waals surface area contributed by atoms with Gasteiger partial charge in [-0.05, 0) is 30.7 Å². The molecule has 0 spiro atoms. The van der Waals surface area contributed by atoms with Crippen LogP contribution >= 0.6 is 11.8 Å². The summed E-state index contributed by atoms with van der Waals surface area (Å²) >= 11 is 1.69. The third kappa shape index (κ3) is 1.79. The van der Waals surface area contributed by atoms with Crippen molar-refractivity contribution in [2.75, 3.05) is 12.0 Å². The minimum Gasteiger partial charge on any atom is -0.392 e. The SMILES string of the molecule is CSCC(O)C1CCc2cccnc21. The highest BCUT2D eigenvalue weighted by atomic mass is 32.2. The van der Waals surface area contributed by atoms with Gasteiger partial charge in [0.1, 0.15) is 0 Å². The molecule has 1 aromatic heterocycles. The first-order valence-corrected chi connectivity index (χ1v) is 6.33. The Morgan fingerprint density at radius 2 is 2.57 bits per heavy atom. The van der Waals surface area contributed by atoms with E-state index in [0.717, 1.165) is 24.3 Å². The monoisotopic (exact) mass is 209 g/mol. The van der Waals surface area contributed by atoms with E-state index < -0.39 is 0 Å². The fraction of sp³-hybridized carbons (Fsp3) is 0.545. The van der Waals surface area contributed by atoms with Crippen molar-refractivity contribution in [2.24, 2.45) is 0 Å². The quantitative estimate of drug-likeness (QED) is 0.824. The molecule has 0 aromatic carbocycles. The van der Waals surface area contributed by atoms with Gasteiger partial charge in [-0.1, -0.05) is 6.07 Å². The lowest BCUT2D eigenvalue weighted by atomic mass is 10.0. The van der Waals surface area contributed by atoms with Crippen LogP contribution in [0.25, 0.3) is 0 Å². The van der Waals surface area contributed by atoms with Crippen molar-refractivity contribution >= 4 is 11.8 Å². The normalized spacial score (nSPS) is 22.0. The highest BCUT2D eigenvalue weighted by Crippen LogP contribution is 2.34. The van der Waals surface area contributed by atoms with Crippen LogP contribution in [-0.4, -0.2) is 28.2 Å². The molecule has 1 aromatic rings. The number of nitrogens with zero attached hydrogens (tertiary/aromatic N) is 1. The first kappa shape index (κ1) is 9.99. The van der Waals surface area contributed by atoms with Crippen LogP contribution in [0.3, 0.4) is 0 Å². The molecule has 2 atom stereocenters. The van der Waals surface area contributed by atoms with Gasteiger partial charge in [0.05, 0.1) is 6.10 Å². The van der Waals surface area contributed by atoms with Crippen LogP contribution < -0.4 is 0 Å². The molecule has 0 amide bonds. The highest BCUT2D eigenvalue weighted by Gasteiger charge is 2.29. The fourth-order valence-corrected chi connectivity index (χ4v) is 2.68. The summed E-state index contributed by atoms with van der Waals surface area (Å²) in [6, 6.07) is 4.09. The molecular weight excluding hydrogens is 194 g/mol. The van der Waals surface area contributed by atoms with Crippen molar-refractivity contribution in [1.29, 1.82) is 0 Å². The second-order valence-corrected chi connectivity index (χ2v) is 4.63. The van der Waals surface area contributed by atoms with E-state index in [1.165, 1.54) is 5.56 Å². The molecule has 2 rings (SSSR count). The summed E-state index contributed by atoms with van der Waals surface area (Å²) in [5.41, 5.74) is 2.44. The van der Waals surface area contributed by atoms with Crippen LogP contribution in [0, 0.1) is 0 Å². The predicted octanol–water partition coefficient (Wildman–Crippen LogP) is 1.84. The Bertz CT molecular complexity index is 316. The Hall–Kier alpha value is -0.540. The van der Waals surface area contributed by atoms with Gasteiger partial charge in [-0.15, -0.1) is 0 Å². The molecule has 2 nitrogen and oxygen atoms in total. The largest absolute Gasteiger partial charge is 0.392 e. The summed E-state index contributed by atoms with van der Waals surface area (Å²) in [6.07, 6.45) is 5.73.